The van der Waals surface area contributed by atoms with Crippen LogP contribution in [-0.2, 0) is 16.1 Å². The van der Waals surface area contributed by atoms with Gasteiger partial charge in [0.05, 0.1) is 10.0 Å². The Kier molecular flexibility index (Phi) is 9.68. The van der Waals surface area contributed by atoms with Crippen LogP contribution in [0, 0.1) is 19.8 Å². The van der Waals surface area contributed by atoms with Crippen LogP contribution in [0.3, 0.4) is 0 Å². The molecule has 0 aromatic heterocycles. The van der Waals surface area contributed by atoms with Gasteiger partial charge in [0.2, 0.25) is 5.91 Å². The highest BCUT2D eigenvalue weighted by Gasteiger charge is 2.27. The molecule has 1 atom stereocenters. The molecule has 5 nitrogen and oxygen atoms in total. The number of nitrogens with one attached hydrogen (secondary N) is 1. The number of benzene rings is 2. The Morgan fingerprint density at radius 3 is 2.19 bits per heavy atom. The average molecular weight is 500 g/mol. The normalized spacial score (nSPS) is 11.9. The molecule has 2 amide bonds. The third kappa shape index (κ3) is 7.29. The second kappa shape index (κ2) is 11.8. The zero-order valence-corrected chi connectivity index (χ0v) is 21.2. The van der Waals surface area contributed by atoms with E-state index in [9.17, 15) is 9.59 Å². The summed E-state index contributed by atoms with van der Waals surface area (Å²) in [4.78, 5) is 27.3. The lowest BCUT2D eigenvalue weighted by molar-refractivity contribution is -0.142. The summed E-state index contributed by atoms with van der Waals surface area (Å²) in [6.07, 6.45) is 0. The van der Waals surface area contributed by atoms with Gasteiger partial charge in [0.1, 0.15) is 11.8 Å². The van der Waals surface area contributed by atoms with Crippen LogP contribution in [0.15, 0.2) is 30.3 Å². The van der Waals surface area contributed by atoms with Crippen molar-refractivity contribution in [3.63, 3.8) is 0 Å². The van der Waals surface area contributed by atoms with Gasteiger partial charge in [-0.05, 0) is 67.6 Å². The van der Waals surface area contributed by atoms with Crippen LogP contribution in [0.1, 0.15) is 37.5 Å². The molecule has 0 aliphatic heterocycles. The topological polar surface area (TPSA) is 58.6 Å². The van der Waals surface area contributed by atoms with Gasteiger partial charge in [-0.25, -0.2) is 0 Å². The smallest absolute Gasteiger partial charge is 0.261 e. The van der Waals surface area contributed by atoms with Crippen molar-refractivity contribution in [2.75, 3.05) is 13.2 Å². The molecular formula is C24H29Cl3N2O3. The van der Waals surface area contributed by atoms with E-state index in [1.165, 1.54) is 4.90 Å². The van der Waals surface area contributed by atoms with Crippen LogP contribution in [0.5, 0.6) is 5.75 Å². The zero-order valence-electron chi connectivity index (χ0n) is 19.0. The van der Waals surface area contributed by atoms with E-state index in [-0.39, 0.29) is 25.0 Å². The summed E-state index contributed by atoms with van der Waals surface area (Å²) in [7, 11) is 0. The molecule has 0 aliphatic rings. The van der Waals surface area contributed by atoms with Gasteiger partial charge in [-0.1, -0.05) is 54.7 Å². The fraction of sp³-hybridized carbons (Fsp3) is 0.417. The van der Waals surface area contributed by atoms with Crippen molar-refractivity contribution in [3.8, 4) is 5.75 Å². The highest BCUT2D eigenvalue weighted by atomic mass is 35.5. The fourth-order valence-corrected chi connectivity index (χ4v) is 3.52. The number of carbonyl (C=O) groups is 2. The van der Waals surface area contributed by atoms with E-state index in [2.05, 4.69) is 5.32 Å². The minimum atomic E-state index is -0.701. The molecule has 2 rings (SSSR count). The Bertz CT molecular complexity index is 956. The van der Waals surface area contributed by atoms with Crippen molar-refractivity contribution < 1.29 is 14.3 Å². The number of nitrogens with zero attached hydrogens (tertiary/aromatic N) is 1. The molecule has 0 aliphatic carbocycles. The van der Waals surface area contributed by atoms with Crippen LogP contribution in [0.4, 0.5) is 0 Å². The van der Waals surface area contributed by atoms with Crippen molar-refractivity contribution in [2.24, 2.45) is 5.92 Å². The number of amides is 2. The fourth-order valence-electron chi connectivity index (χ4n) is 3.09. The summed E-state index contributed by atoms with van der Waals surface area (Å²) in [6.45, 7) is 9.96. The van der Waals surface area contributed by atoms with Crippen molar-refractivity contribution in [2.45, 2.75) is 47.2 Å². The highest BCUT2D eigenvalue weighted by Crippen LogP contribution is 2.26. The van der Waals surface area contributed by atoms with E-state index in [1.807, 2.05) is 27.7 Å². The lowest BCUT2D eigenvalue weighted by atomic mass is 10.1. The largest absolute Gasteiger partial charge is 0.484 e. The molecule has 0 heterocycles. The van der Waals surface area contributed by atoms with E-state index < -0.39 is 6.04 Å². The number of carbonyl (C=O) groups excluding carboxylic acids is 2. The van der Waals surface area contributed by atoms with Gasteiger partial charge in [0.25, 0.3) is 5.91 Å². The average Bonchev–Trinajstić information content (AvgIpc) is 2.74. The van der Waals surface area contributed by atoms with Gasteiger partial charge < -0.3 is 15.0 Å². The molecule has 0 saturated carbocycles. The maximum atomic E-state index is 13.1. The van der Waals surface area contributed by atoms with E-state index >= 15 is 0 Å². The van der Waals surface area contributed by atoms with E-state index in [0.717, 1.165) is 16.7 Å². The number of halogens is 3. The maximum absolute atomic E-state index is 13.1. The molecule has 2 aromatic carbocycles. The summed E-state index contributed by atoms with van der Waals surface area (Å²) in [6, 6.07) is 8.00. The first-order valence-corrected chi connectivity index (χ1v) is 11.5. The lowest BCUT2D eigenvalue weighted by Gasteiger charge is -2.29. The molecule has 174 valence electrons. The molecule has 2 aromatic rings. The minimum Gasteiger partial charge on any atom is -0.484 e. The van der Waals surface area contributed by atoms with Crippen molar-refractivity contribution in [1.29, 1.82) is 0 Å². The van der Waals surface area contributed by atoms with E-state index in [4.69, 9.17) is 39.5 Å². The van der Waals surface area contributed by atoms with Crippen LogP contribution in [0.2, 0.25) is 15.1 Å². The van der Waals surface area contributed by atoms with Crippen LogP contribution < -0.4 is 10.1 Å². The molecular weight excluding hydrogens is 471 g/mol. The van der Waals surface area contributed by atoms with Gasteiger partial charge in [0.15, 0.2) is 6.61 Å². The number of hydrogen-bond donors (Lipinski definition) is 1. The Labute approximate surface area is 205 Å². The molecule has 8 heteroatoms. The van der Waals surface area contributed by atoms with E-state index in [0.29, 0.717) is 33.3 Å². The minimum absolute atomic E-state index is 0.189. The number of ether oxygens (including phenoxy) is 1. The Morgan fingerprint density at radius 2 is 1.62 bits per heavy atom. The van der Waals surface area contributed by atoms with Crippen LogP contribution >= 0.6 is 34.8 Å². The summed E-state index contributed by atoms with van der Waals surface area (Å²) in [5.41, 5.74) is 2.49. The molecule has 32 heavy (non-hydrogen) atoms. The Balaban J connectivity index is 2.20. The van der Waals surface area contributed by atoms with Gasteiger partial charge in [-0.3, -0.25) is 9.59 Å². The van der Waals surface area contributed by atoms with Crippen LogP contribution in [0.25, 0.3) is 0 Å². The predicted octanol–water partition coefficient (Wildman–Crippen LogP) is 5.83. The second-order valence-corrected chi connectivity index (χ2v) is 9.44. The quantitative estimate of drug-likeness (QED) is 0.472. The first-order valence-electron chi connectivity index (χ1n) is 10.4. The third-order valence-corrected chi connectivity index (χ3v) is 6.30. The molecule has 0 spiro atoms. The number of hydrogen-bond acceptors (Lipinski definition) is 3. The number of aryl methyl sites for hydroxylation is 2. The second-order valence-electron chi connectivity index (χ2n) is 8.24. The van der Waals surface area contributed by atoms with Gasteiger partial charge in [-0.2, -0.15) is 0 Å². The first kappa shape index (κ1) is 26.3. The molecule has 0 bridgehead atoms. The molecule has 1 N–H and O–H groups in total. The summed E-state index contributed by atoms with van der Waals surface area (Å²) >= 11 is 18.4. The molecule has 0 fully saturated rings. The standard InChI is InChI=1S/C24H29Cl3N2O3/c1-14(2)11-28-24(31)17(5)29(12-18-6-7-20(25)21(26)10-18)22(30)13-32-19-8-15(3)23(27)16(4)9-19/h6-10,14,17H,11-13H2,1-5H3,(H,28,31). The van der Waals surface area contributed by atoms with Gasteiger partial charge in [0, 0.05) is 18.1 Å². The first-order chi connectivity index (χ1) is 15.0. The Morgan fingerprint density at radius 1 is 1.00 bits per heavy atom. The van der Waals surface area contributed by atoms with Gasteiger partial charge in [-0.15, -0.1) is 0 Å². The van der Waals surface area contributed by atoms with Crippen LogP contribution in [-0.4, -0.2) is 35.9 Å². The summed E-state index contributed by atoms with van der Waals surface area (Å²) in [5.74, 6) is 0.285. The highest BCUT2D eigenvalue weighted by molar-refractivity contribution is 6.42. The summed E-state index contributed by atoms with van der Waals surface area (Å²) < 4.78 is 5.75. The molecule has 0 radical (unpaired) electrons. The van der Waals surface area contributed by atoms with Crippen molar-refractivity contribution in [3.05, 3.63) is 62.1 Å². The predicted molar refractivity (Wildman–Crippen MR) is 131 cm³/mol. The number of rotatable bonds is 9. The molecule has 1 unspecified atom stereocenters. The van der Waals surface area contributed by atoms with Crippen molar-refractivity contribution >= 4 is 46.6 Å². The SMILES string of the molecule is Cc1cc(OCC(=O)N(Cc2ccc(Cl)c(Cl)c2)C(C)C(=O)NCC(C)C)cc(C)c1Cl. The Hall–Kier alpha value is -1.95. The van der Waals surface area contributed by atoms with Crippen molar-refractivity contribution in [1.82, 2.24) is 10.2 Å². The van der Waals surface area contributed by atoms with Gasteiger partial charge >= 0.3 is 0 Å². The zero-order chi connectivity index (χ0) is 24.0. The maximum Gasteiger partial charge on any atom is 0.261 e. The summed E-state index contributed by atoms with van der Waals surface area (Å²) in [5, 5.41) is 4.36. The lowest BCUT2D eigenvalue weighted by Crippen LogP contribution is -2.49. The van der Waals surface area contributed by atoms with E-state index in [1.54, 1.807) is 37.3 Å². The third-order valence-electron chi connectivity index (χ3n) is 4.96. The monoisotopic (exact) mass is 498 g/mol. The molecule has 0 saturated heterocycles.